The van der Waals surface area contributed by atoms with Crippen LogP contribution >= 0.6 is 11.8 Å². The molecule has 192 valence electrons. The lowest BCUT2D eigenvalue weighted by Crippen LogP contribution is -2.33. The molecule has 37 heavy (non-hydrogen) atoms. The highest BCUT2D eigenvalue weighted by Gasteiger charge is 2.38. The van der Waals surface area contributed by atoms with Gasteiger partial charge in [-0.1, -0.05) is 61.9 Å². The maximum atomic E-state index is 13.3. The zero-order chi connectivity index (χ0) is 26.4. The summed E-state index contributed by atoms with van der Waals surface area (Å²) in [5.74, 6) is 0.222. The normalized spacial score (nSPS) is 17.6. The van der Waals surface area contributed by atoms with Crippen molar-refractivity contribution in [2.75, 3.05) is 11.1 Å². The fourth-order valence-corrected chi connectivity index (χ4v) is 6.43. The van der Waals surface area contributed by atoms with Gasteiger partial charge < -0.3 is 5.32 Å². The molecule has 0 bridgehead atoms. The molecular formula is C32H35NO3S. The van der Waals surface area contributed by atoms with E-state index in [0.29, 0.717) is 18.4 Å². The standard InChI is InChI=1S/C32H35NO3S/c1-4-23-17-21(3)18-24(5-2)30(23)31-27(34)19-22(20-28(31)35)15-16-37-29-14-10-9-13-26(29)33-32(36)25-11-7-6-8-12-25/h6-14,17-18,22,31H,4-5,15-16,19-20H2,1-3H3,(H,33,36). The molecule has 1 saturated carbocycles. The monoisotopic (exact) mass is 513 g/mol. The molecule has 5 heteroatoms. The summed E-state index contributed by atoms with van der Waals surface area (Å²) in [7, 11) is 0. The van der Waals surface area contributed by atoms with Gasteiger partial charge >= 0.3 is 0 Å². The van der Waals surface area contributed by atoms with E-state index < -0.39 is 5.92 Å². The van der Waals surface area contributed by atoms with Crippen molar-refractivity contribution < 1.29 is 14.4 Å². The smallest absolute Gasteiger partial charge is 0.255 e. The molecule has 0 spiro atoms. The lowest BCUT2D eigenvalue weighted by Gasteiger charge is -2.29. The Hall–Kier alpha value is -3.18. The summed E-state index contributed by atoms with van der Waals surface area (Å²) in [6.07, 6.45) is 3.32. The van der Waals surface area contributed by atoms with E-state index in [1.54, 1.807) is 23.9 Å². The third-order valence-corrected chi connectivity index (χ3v) is 8.23. The maximum absolute atomic E-state index is 13.3. The Morgan fingerprint density at radius 3 is 2.11 bits per heavy atom. The van der Waals surface area contributed by atoms with Crippen molar-refractivity contribution in [2.45, 2.75) is 63.7 Å². The number of ketones is 2. The van der Waals surface area contributed by atoms with Crippen LogP contribution in [0.25, 0.3) is 0 Å². The van der Waals surface area contributed by atoms with Gasteiger partial charge in [-0.3, -0.25) is 14.4 Å². The third-order valence-electron chi connectivity index (χ3n) is 7.12. The summed E-state index contributed by atoms with van der Waals surface area (Å²) in [5, 5.41) is 3.01. The van der Waals surface area contributed by atoms with Gasteiger partial charge in [-0.25, -0.2) is 0 Å². The van der Waals surface area contributed by atoms with E-state index >= 15 is 0 Å². The second-order valence-electron chi connectivity index (χ2n) is 9.80. The number of para-hydroxylation sites is 1. The number of Topliss-reactive ketones (excluding diaryl/α,β-unsaturated/α-hetero) is 2. The third kappa shape index (κ3) is 6.40. The molecule has 4 nitrogen and oxygen atoms in total. The van der Waals surface area contributed by atoms with E-state index in [0.717, 1.165) is 52.3 Å². The van der Waals surface area contributed by atoms with Crippen molar-refractivity contribution in [1.29, 1.82) is 0 Å². The average molecular weight is 514 g/mol. The van der Waals surface area contributed by atoms with Gasteiger partial charge in [0.15, 0.2) is 0 Å². The first-order valence-corrected chi connectivity index (χ1v) is 14.2. The number of hydrogen-bond acceptors (Lipinski definition) is 4. The van der Waals surface area contributed by atoms with Gasteiger partial charge in [-0.15, -0.1) is 11.8 Å². The summed E-state index contributed by atoms with van der Waals surface area (Å²) in [4.78, 5) is 40.2. The predicted octanol–water partition coefficient (Wildman–Crippen LogP) is 7.19. The minimum absolute atomic E-state index is 0.0648. The van der Waals surface area contributed by atoms with Crippen LogP contribution in [0.3, 0.4) is 0 Å². The van der Waals surface area contributed by atoms with Crippen LogP contribution in [0.4, 0.5) is 5.69 Å². The molecule has 0 radical (unpaired) electrons. The Labute approximate surface area is 224 Å². The summed E-state index contributed by atoms with van der Waals surface area (Å²) in [6, 6.07) is 21.2. The highest BCUT2D eigenvalue weighted by atomic mass is 32.2. The molecule has 1 fully saturated rings. The Kier molecular flexibility index (Phi) is 8.99. The number of carbonyl (C=O) groups is 3. The van der Waals surface area contributed by atoms with Crippen LogP contribution in [0.2, 0.25) is 0 Å². The van der Waals surface area contributed by atoms with Crippen molar-refractivity contribution in [1.82, 2.24) is 0 Å². The lowest BCUT2D eigenvalue weighted by molar-refractivity contribution is -0.133. The van der Waals surface area contributed by atoms with Gasteiger partial charge in [0.05, 0.1) is 5.69 Å². The fraction of sp³-hybridized carbons (Fsp3) is 0.344. The molecule has 1 aliphatic carbocycles. The van der Waals surface area contributed by atoms with Crippen molar-refractivity contribution in [2.24, 2.45) is 5.92 Å². The molecule has 0 heterocycles. The highest BCUT2D eigenvalue weighted by molar-refractivity contribution is 7.99. The second-order valence-corrected chi connectivity index (χ2v) is 10.9. The molecule has 1 N–H and O–H groups in total. The summed E-state index contributed by atoms with van der Waals surface area (Å²) in [6.45, 7) is 6.26. The molecule has 3 aromatic rings. The van der Waals surface area contributed by atoms with Gasteiger partial charge in [-0.05, 0) is 78.8 Å². The average Bonchev–Trinajstić information content (AvgIpc) is 2.90. The van der Waals surface area contributed by atoms with Crippen LogP contribution in [-0.2, 0) is 22.4 Å². The van der Waals surface area contributed by atoms with E-state index in [4.69, 9.17) is 0 Å². The van der Waals surface area contributed by atoms with Crippen molar-refractivity contribution in [3.05, 3.63) is 94.5 Å². The number of rotatable bonds is 9. The largest absolute Gasteiger partial charge is 0.321 e. The number of anilines is 1. The van der Waals surface area contributed by atoms with Gasteiger partial charge in [0.1, 0.15) is 17.5 Å². The van der Waals surface area contributed by atoms with Gasteiger partial charge in [0, 0.05) is 23.3 Å². The van der Waals surface area contributed by atoms with Crippen LogP contribution < -0.4 is 5.32 Å². The van der Waals surface area contributed by atoms with E-state index in [9.17, 15) is 14.4 Å². The number of carbonyl (C=O) groups excluding carboxylic acids is 3. The Bertz CT molecular complexity index is 1240. The maximum Gasteiger partial charge on any atom is 0.255 e. The summed E-state index contributed by atoms with van der Waals surface area (Å²) < 4.78 is 0. The van der Waals surface area contributed by atoms with Crippen molar-refractivity contribution in [3.63, 3.8) is 0 Å². The minimum Gasteiger partial charge on any atom is -0.321 e. The first-order valence-electron chi connectivity index (χ1n) is 13.2. The number of amides is 1. The molecule has 0 saturated heterocycles. The molecule has 3 aromatic carbocycles. The number of thioether (sulfide) groups is 1. The fourth-order valence-electron chi connectivity index (χ4n) is 5.31. The number of benzene rings is 3. The molecule has 1 aliphatic rings. The SMILES string of the molecule is CCc1cc(C)cc(CC)c1C1C(=O)CC(CCSc2ccccc2NC(=O)c2ccccc2)CC1=O. The van der Waals surface area contributed by atoms with Gasteiger partial charge in [0.2, 0.25) is 0 Å². The zero-order valence-corrected chi connectivity index (χ0v) is 22.7. The van der Waals surface area contributed by atoms with Crippen LogP contribution in [0, 0.1) is 12.8 Å². The van der Waals surface area contributed by atoms with Crippen molar-refractivity contribution in [3.8, 4) is 0 Å². The quantitative estimate of drug-likeness (QED) is 0.243. The van der Waals surface area contributed by atoms with Crippen LogP contribution in [0.5, 0.6) is 0 Å². The van der Waals surface area contributed by atoms with Crippen LogP contribution in [0.1, 0.15) is 71.6 Å². The number of hydrogen-bond donors (Lipinski definition) is 1. The summed E-state index contributed by atoms with van der Waals surface area (Å²) >= 11 is 1.65. The molecule has 0 aliphatic heterocycles. The molecule has 1 amide bonds. The Morgan fingerprint density at radius 2 is 1.49 bits per heavy atom. The topological polar surface area (TPSA) is 63.2 Å². The van der Waals surface area contributed by atoms with Crippen LogP contribution in [-0.4, -0.2) is 23.2 Å². The lowest BCUT2D eigenvalue weighted by atomic mass is 9.73. The predicted molar refractivity (Wildman–Crippen MR) is 152 cm³/mol. The van der Waals surface area contributed by atoms with Crippen molar-refractivity contribution >= 4 is 34.9 Å². The first-order chi connectivity index (χ1) is 17.9. The minimum atomic E-state index is -0.608. The van der Waals surface area contributed by atoms with E-state index in [1.807, 2.05) is 42.5 Å². The molecule has 4 rings (SSSR count). The first kappa shape index (κ1) is 26.9. The number of nitrogens with one attached hydrogen (secondary N) is 1. The highest BCUT2D eigenvalue weighted by Crippen LogP contribution is 2.38. The molecular weight excluding hydrogens is 478 g/mol. The van der Waals surface area contributed by atoms with Crippen LogP contribution in [0.15, 0.2) is 71.6 Å². The zero-order valence-electron chi connectivity index (χ0n) is 21.9. The Balaban J connectivity index is 1.39. The van der Waals surface area contributed by atoms with Gasteiger partial charge in [-0.2, -0.15) is 0 Å². The van der Waals surface area contributed by atoms with E-state index in [-0.39, 0.29) is 23.4 Å². The van der Waals surface area contributed by atoms with E-state index in [2.05, 4.69) is 38.2 Å². The molecule has 0 atom stereocenters. The molecule has 0 aromatic heterocycles. The molecule has 0 unspecified atom stereocenters. The Morgan fingerprint density at radius 1 is 0.892 bits per heavy atom. The van der Waals surface area contributed by atoms with E-state index in [1.165, 1.54) is 5.56 Å². The summed E-state index contributed by atoms with van der Waals surface area (Å²) in [5.41, 5.74) is 5.81. The second kappa shape index (κ2) is 12.4. The van der Waals surface area contributed by atoms with Gasteiger partial charge in [0.25, 0.3) is 5.91 Å². The number of aryl methyl sites for hydroxylation is 3.